The molecular weight excluding hydrogens is 420 g/mol. The van der Waals surface area contributed by atoms with E-state index in [4.69, 9.17) is 0 Å². The molecule has 2 N–H and O–H groups in total. The van der Waals surface area contributed by atoms with Gasteiger partial charge in [-0.25, -0.2) is 9.97 Å². The first-order chi connectivity index (χ1) is 16.1. The van der Waals surface area contributed by atoms with Gasteiger partial charge in [-0.15, -0.1) is 0 Å². The first-order valence-electron chi connectivity index (χ1n) is 10.8. The number of nitrogens with one attached hydrogen (secondary N) is 2. The zero-order chi connectivity index (χ0) is 22.8. The van der Waals surface area contributed by atoms with Crippen LogP contribution in [0.3, 0.4) is 0 Å². The molecule has 1 unspecified atom stereocenters. The number of aromatic nitrogens is 4. The molecule has 0 fully saturated rings. The SMILES string of the molecule is O=C(NCCC1c2ccccc2CCN1C(=O)c1ncnc2[nH]ccc12)c1ccc[n+]([O-])c1. The molecule has 0 radical (unpaired) electrons. The van der Waals surface area contributed by atoms with Gasteiger partial charge in [0.05, 0.1) is 11.4 Å². The van der Waals surface area contributed by atoms with Crippen LogP contribution >= 0.6 is 0 Å². The van der Waals surface area contributed by atoms with Crippen molar-refractivity contribution in [1.29, 1.82) is 0 Å². The monoisotopic (exact) mass is 442 g/mol. The van der Waals surface area contributed by atoms with Gasteiger partial charge in [0.1, 0.15) is 23.2 Å². The van der Waals surface area contributed by atoms with E-state index in [0.717, 1.165) is 12.0 Å². The van der Waals surface area contributed by atoms with Crippen LogP contribution in [-0.4, -0.2) is 44.8 Å². The molecule has 4 aromatic rings. The van der Waals surface area contributed by atoms with Gasteiger partial charge in [-0.2, -0.15) is 4.73 Å². The number of aromatic amines is 1. The van der Waals surface area contributed by atoms with Gasteiger partial charge in [0, 0.05) is 25.4 Å². The summed E-state index contributed by atoms with van der Waals surface area (Å²) in [4.78, 5) is 39.4. The average molecular weight is 442 g/mol. The second-order valence-corrected chi connectivity index (χ2v) is 7.92. The van der Waals surface area contributed by atoms with Gasteiger partial charge in [-0.05, 0) is 36.1 Å². The van der Waals surface area contributed by atoms with Crippen LogP contribution in [0.2, 0.25) is 0 Å². The van der Waals surface area contributed by atoms with Gasteiger partial charge < -0.3 is 20.4 Å². The fourth-order valence-corrected chi connectivity index (χ4v) is 4.40. The van der Waals surface area contributed by atoms with E-state index in [1.54, 1.807) is 18.3 Å². The van der Waals surface area contributed by atoms with Crippen molar-refractivity contribution in [1.82, 2.24) is 25.2 Å². The van der Waals surface area contributed by atoms with Crippen molar-refractivity contribution in [2.24, 2.45) is 0 Å². The third-order valence-electron chi connectivity index (χ3n) is 5.97. The van der Waals surface area contributed by atoms with Gasteiger partial charge in [0.2, 0.25) is 0 Å². The predicted molar refractivity (Wildman–Crippen MR) is 120 cm³/mol. The Morgan fingerprint density at radius 3 is 2.94 bits per heavy atom. The molecule has 0 saturated carbocycles. The molecular formula is C24H22N6O3. The summed E-state index contributed by atoms with van der Waals surface area (Å²) in [5.74, 6) is -0.490. The third-order valence-corrected chi connectivity index (χ3v) is 5.97. The number of rotatable bonds is 5. The standard InChI is InChI=1S/C24H22N6O3/c31-23(17-5-3-12-29(33)14-17)26-11-8-20-18-6-2-1-4-16(18)9-13-30(20)24(32)21-19-7-10-25-22(19)28-15-27-21/h1-7,10,12,14-15,20H,8-9,11,13H2,(H,26,31)(H,25,27,28). The maximum absolute atomic E-state index is 13.6. The number of hydrogen-bond acceptors (Lipinski definition) is 5. The molecule has 1 aliphatic heterocycles. The van der Waals surface area contributed by atoms with Crippen molar-refractivity contribution < 1.29 is 14.3 Å². The molecule has 1 atom stereocenters. The Hall–Kier alpha value is -4.27. The average Bonchev–Trinajstić information content (AvgIpc) is 3.33. The Kier molecular flexibility index (Phi) is 5.43. The summed E-state index contributed by atoms with van der Waals surface area (Å²) in [7, 11) is 0. The second-order valence-electron chi connectivity index (χ2n) is 7.92. The maximum atomic E-state index is 13.6. The van der Waals surface area contributed by atoms with Crippen molar-refractivity contribution in [3.05, 3.63) is 95.0 Å². The predicted octanol–water partition coefficient (Wildman–Crippen LogP) is 2.15. The number of carbonyl (C=O) groups is 2. The van der Waals surface area contributed by atoms with Gasteiger partial charge >= 0.3 is 0 Å². The zero-order valence-corrected chi connectivity index (χ0v) is 17.8. The molecule has 0 bridgehead atoms. The van der Waals surface area contributed by atoms with Gasteiger partial charge in [-0.1, -0.05) is 24.3 Å². The normalized spacial score (nSPS) is 15.3. The van der Waals surface area contributed by atoms with Crippen LogP contribution in [0.4, 0.5) is 0 Å². The highest BCUT2D eigenvalue weighted by molar-refractivity contribution is 6.03. The summed E-state index contributed by atoms with van der Waals surface area (Å²) < 4.78 is 0.593. The molecule has 166 valence electrons. The molecule has 3 aromatic heterocycles. The number of benzene rings is 1. The lowest BCUT2D eigenvalue weighted by Gasteiger charge is -2.37. The van der Waals surface area contributed by atoms with Crippen LogP contribution < -0.4 is 10.0 Å². The smallest absolute Gasteiger partial charge is 0.273 e. The van der Waals surface area contributed by atoms with E-state index < -0.39 is 0 Å². The van der Waals surface area contributed by atoms with E-state index in [-0.39, 0.29) is 17.9 Å². The highest BCUT2D eigenvalue weighted by atomic mass is 16.5. The molecule has 1 aliphatic rings. The van der Waals surface area contributed by atoms with Gasteiger partial charge in [0.25, 0.3) is 11.8 Å². The van der Waals surface area contributed by atoms with Gasteiger partial charge in [0.15, 0.2) is 12.4 Å². The van der Waals surface area contributed by atoms with E-state index in [1.165, 1.54) is 30.4 Å². The summed E-state index contributed by atoms with van der Waals surface area (Å²) in [6.45, 7) is 0.901. The Balaban J connectivity index is 1.39. The van der Waals surface area contributed by atoms with Crippen molar-refractivity contribution in [3.8, 4) is 0 Å². The first kappa shape index (κ1) is 20.6. The number of amides is 2. The van der Waals surface area contributed by atoms with Crippen LogP contribution in [-0.2, 0) is 6.42 Å². The van der Waals surface area contributed by atoms with Crippen LogP contribution in [0, 0.1) is 5.21 Å². The second kappa shape index (κ2) is 8.70. The van der Waals surface area contributed by atoms with Crippen molar-refractivity contribution in [2.75, 3.05) is 13.1 Å². The Morgan fingerprint density at radius 2 is 2.06 bits per heavy atom. The van der Waals surface area contributed by atoms with Crippen LogP contribution in [0.15, 0.2) is 67.4 Å². The molecule has 0 aliphatic carbocycles. The van der Waals surface area contributed by atoms with E-state index in [0.29, 0.717) is 46.5 Å². The molecule has 5 rings (SSSR count). The number of carbonyl (C=O) groups excluding carboxylic acids is 2. The van der Waals surface area contributed by atoms with Gasteiger partial charge in [-0.3, -0.25) is 9.59 Å². The van der Waals surface area contributed by atoms with E-state index in [2.05, 4.69) is 26.3 Å². The summed E-state index contributed by atoms with van der Waals surface area (Å²) in [5, 5.41) is 15.0. The number of H-pyrrole nitrogens is 1. The lowest BCUT2D eigenvalue weighted by atomic mass is 9.90. The lowest BCUT2D eigenvalue weighted by Crippen LogP contribution is -2.42. The number of fused-ring (bicyclic) bond motifs is 2. The molecule has 1 aromatic carbocycles. The highest BCUT2D eigenvalue weighted by Gasteiger charge is 2.32. The molecule has 9 heteroatoms. The summed E-state index contributed by atoms with van der Waals surface area (Å²) in [5.41, 5.74) is 3.54. The largest absolute Gasteiger partial charge is 0.619 e. The topological polar surface area (TPSA) is 118 Å². The lowest BCUT2D eigenvalue weighted by molar-refractivity contribution is -0.605. The fourth-order valence-electron chi connectivity index (χ4n) is 4.40. The summed E-state index contributed by atoms with van der Waals surface area (Å²) in [6.07, 6.45) is 6.97. The molecule has 9 nitrogen and oxygen atoms in total. The van der Waals surface area contributed by atoms with E-state index in [9.17, 15) is 14.8 Å². The van der Waals surface area contributed by atoms with E-state index >= 15 is 0 Å². The van der Waals surface area contributed by atoms with E-state index in [1.807, 2.05) is 23.1 Å². The third kappa shape index (κ3) is 4.00. The number of hydrogen-bond donors (Lipinski definition) is 2. The van der Waals surface area contributed by atoms with Crippen LogP contribution in [0.25, 0.3) is 11.0 Å². The quantitative estimate of drug-likeness (QED) is 0.363. The van der Waals surface area contributed by atoms with Crippen molar-refractivity contribution in [3.63, 3.8) is 0 Å². The Morgan fingerprint density at radius 1 is 1.18 bits per heavy atom. The fraction of sp³-hybridized carbons (Fsp3) is 0.208. The minimum Gasteiger partial charge on any atom is -0.619 e. The number of nitrogens with zero attached hydrogens (tertiary/aromatic N) is 4. The molecule has 0 saturated heterocycles. The maximum Gasteiger partial charge on any atom is 0.273 e. The molecule has 33 heavy (non-hydrogen) atoms. The molecule has 2 amide bonds. The number of pyridine rings is 1. The zero-order valence-electron chi connectivity index (χ0n) is 17.8. The highest BCUT2D eigenvalue weighted by Crippen LogP contribution is 2.33. The minimum atomic E-state index is -0.327. The summed E-state index contributed by atoms with van der Waals surface area (Å²) >= 11 is 0. The van der Waals surface area contributed by atoms with Crippen molar-refractivity contribution in [2.45, 2.75) is 18.9 Å². The Bertz CT molecular complexity index is 1330. The first-order valence-corrected chi connectivity index (χ1v) is 10.8. The van der Waals surface area contributed by atoms with Crippen molar-refractivity contribution >= 4 is 22.8 Å². The van der Waals surface area contributed by atoms with Crippen LogP contribution in [0.5, 0.6) is 0 Å². The molecule has 0 spiro atoms. The van der Waals surface area contributed by atoms with Crippen LogP contribution in [0.1, 0.15) is 44.4 Å². The summed E-state index contributed by atoms with van der Waals surface area (Å²) in [6, 6.07) is 12.8. The Labute approximate surface area is 189 Å². The molecule has 4 heterocycles. The minimum absolute atomic E-state index is 0.164.